The van der Waals surface area contributed by atoms with E-state index in [-0.39, 0.29) is 23.3 Å². The molecule has 6 nitrogen and oxygen atoms in total. The van der Waals surface area contributed by atoms with Crippen molar-refractivity contribution in [3.05, 3.63) is 18.2 Å². The van der Waals surface area contributed by atoms with Gasteiger partial charge < -0.3 is 14.8 Å². The van der Waals surface area contributed by atoms with E-state index in [1.54, 1.807) is 12.1 Å². The summed E-state index contributed by atoms with van der Waals surface area (Å²) in [4.78, 5) is 0.226. The summed E-state index contributed by atoms with van der Waals surface area (Å²) in [6.45, 7) is 3.57. The van der Waals surface area contributed by atoms with E-state index in [1.807, 2.05) is 6.92 Å². The summed E-state index contributed by atoms with van der Waals surface area (Å²) in [6, 6.07) is 4.81. The Kier molecular flexibility index (Phi) is 6.27. The predicted octanol–water partition coefficient (Wildman–Crippen LogP) is 1.11. The maximum atomic E-state index is 12.6. The molecule has 1 unspecified atom stereocenters. The molecular formula is C13H21ClN2O4S. The Labute approximate surface area is 131 Å². The van der Waals surface area contributed by atoms with Gasteiger partial charge in [-0.25, -0.2) is 8.42 Å². The highest BCUT2D eigenvalue weighted by Crippen LogP contribution is 2.30. The fourth-order valence-corrected chi connectivity index (χ4v) is 3.79. The maximum Gasteiger partial charge on any atom is 0.243 e. The van der Waals surface area contributed by atoms with Crippen LogP contribution < -0.4 is 14.8 Å². The summed E-state index contributed by atoms with van der Waals surface area (Å²) in [5.41, 5.74) is 0. The van der Waals surface area contributed by atoms with Gasteiger partial charge in [-0.05, 0) is 19.1 Å². The minimum Gasteiger partial charge on any atom is -0.493 e. The van der Waals surface area contributed by atoms with E-state index in [2.05, 4.69) is 5.32 Å². The molecular weight excluding hydrogens is 316 g/mol. The largest absolute Gasteiger partial charge is 0.493 e. The molecule has 1 aromatic rings. The molecule has 0 aliphatic carbocycles. The van der Waals surface area contributed by atoms with Crippen LogP contribution in [0.5, 0.6) is 11.5 Å². The van der Waals surface area contributed by atoms with Crippen LogP contribution in [0.3, 0.4) is 0 Å². The van der Waals surface area contributed by atoms with E-state index in [0.29, 0.717) is 31.1 Å². The molecule has 21 heavy (non-hydrogen) atoms. The predicted molar refractivity (Wildman–Crippen MR) is 83.0 cm³/mol. The van der Waals surface area contributed by atoms with Crippen molar-refractivity contribution < 1.29 is 17.9 Å². The molecule has 1 saturated heterocycles. The summed E-state index contributed by atoms with van der Waals surface area (Å²) >= 11 is 0. The summed E-state index contributed by atoms with van der Waals surface area (Å²) in [5.74, 6) is 0.928. The molecule has 1 N–H and O–H groups in total. The Bertz CT molecular complexity index is 580. The third kappa shape index (κ3) is 3.79. The molecule has 1 fully saturated rings. The third-order valence-electron chi connectivity index (χ3n) is 3.32. The molecule has 2 rings (SSSR count). The second kappa shape index (κ2) is 7.31. The van der Waals surface area contributed by atoms with E-state index in [0.717, 1.165) is 0 Å². The first-order chi connectivity index (χ1) is 9.48. The molecule has 8 heteroatoms. The second-order valence-corrected chi connectivity index (χ2v) is 6.67. The lowest BCUT2D eigenvalue weighted by Crippen LogP contribution is -2.51. The number of methoxy groups -OCH3 is 2. The number of piperazine rings is 1. The van der Waals surface area contributed by atoms with Crippen LogP contribution in [-0.4, -0.2) is 52.6 Å². The molecule has 1 heterocycles. The minimum atomic E-state index is -3.49. The molecule has 0 aromatic heterocycles. The van der Waals surface area contributed by atoms with Crippen molar-refractivity contribution in [3.8, 4) is 11.5 Å². The van der Waals surface area contributed by atoms with Crippen LogP contribution in [0.4, 0.5) is 0 Å². The average Bonchev–Trinajstić information content (AvgIpc) is 2.46. The Hall–Kier alpha value is -1.02. The molecule has 0 amide bonds. The van der Waals surface area contributed by atoms with Crippen molar-refractivity contribution in [3.63, 3.8) is 0 Å². The topological polar surface area (TPSA) is 67.9 Å². The maximum absolute atomic E-state index is 12.6. The van der Waals surface area contributed by atoms with Crippen molar-refractivity contribution in [1.82, 2.24) is 9.62 Å². The van der Waals surface area contributed by atoms with Crippen molar-refractivity contribution in [1.29, 1.82) is 0 Å². The zero-order valence-electron chi connectivity index (χ0n) is 12.3. The van der Waals surface area contributed by atoms with Crippen LogP contribution in [0.25, 0.3) is 0 Å². The number of hydrogen-bond donors (Lipinski definition) is 1. The zero-order chi connectivity index (χ0) is 14.8. The average molecular weight is 337 g/mol. The van der Waals surface area contributed by atoms with Crippen molar-refractivity contribution in [2.45, 2.75) is 17.9 Å². The Balaban J connectivity index is 0.00000220. The van der Waals surface area contributed by atoms with Gasteiger partial charge in [0, 0.05) is 31.7 Å². The lowest BCUT2D eigenvalue weighted by atomic mass is 10.3. The molecule has 120 valence electrons. The van der Waals surface area contributed by atoms with Crippen LogP contribution in [0.15, 0.2) is 23.1 Å². The van der Waals surface area contributed by atoms with Gasteiger partial charge in [-0.2, -0.15) is 4.31 Å². The molecule has 1 aliphatic heterocycles. The SMILES string of the molecule is COc1ccc(S(=O)(=O)N2CCNC(C)C2)cc1OC.Cl. The molecule has 1 aromatic carbocycles. The summed E-state index contributed by atoms with van der Waals surface area (Å²) in [7, 11) is -0.490. The first kappa shape index (κ1) is 18.0. The molecule has 1 aliphatic rings. The highest BCUT2D eigenvalue weighted by molar-refractivity contribution is 7.89. The standard InChI is InChI=1S/C13H20N2O4S.ClH/c1-10-9-15(7-6-14-10)20(16,17)11-4-5-12(18-2)13(8-11)19-3;/h4-5,8,10,14H,6-7,9H2,1-3H3;1H. The van der Waals surface area contributed by atoms with Gasteiger partial charge in [-0.3, -0.25) is 0 Å². The summed E-state index contributed by atoms with van der Waals surface area (Å²) < 4.78 is 37.0. The van der Waals surface area contributed by atoms with Crippen LogP contribution in [-0.2, 0) is 10.0 Å². The normalized spacial score (nSPS) is 19.7. The van der Waals surface area contributed by atoms with Gasteiger partial charge in [-0.1, -0.05) is 0 Å². The molecule has 0 saturated carbocycles. The van der Waals surface area contributed by atoms with Gasteiger partial charge in [-0.15, -0.1) is 12.4 Å². The van der Waals surface area contributed by atoms with E-state index < -0.39 is 10.0 Å². The monoisotopic (exact) mass is 336 g/mol. The zero-order valence-corrected chi connectivity index (χ0v) is 14.0. The number of rotatable bonds is 4. The van der Waals surface area contributed by atoms with Crippen molar-refractivity contribution in [2.75, 3.05) is 33.9 Å². The van der Waals surface area contributed by atoms with E-state index in [9.17, 15) is 8.42 Å². The smallest absolute Gasteiger partial charge is 0.243 e. The van der Waals surface area contributed by atoms with Gasteiger partial charge in [0.05, 0.1) is 19.1 Å². The van der Waals surface area contributed by atoms with Gasteiger partial charge in [0.15, 0.2) is 11.5 Å². The van der Waals surface area contributed by atoms with E-state index in [4.69, 9.17) is 9.47 Å². The Morgan fingerprint density at radius 3 is 2.48 bits per heavy atom. The summed E-state index contributed by atoms with van der Waals surface area (Å²) in [6.07, 6.45) is 0. The number of halogens is 1. The lowest BCUT2D eigenvalue weighted by molar-refractivity contribution is 0.310. The number of nitrogens with one attached hydrogen (secondary N) is 1. The van der Waals surface area contributed by atoms with E-state index >= 15 is 0 Å². The first-order valence-corrected chi connectivity index (χ1v) is 7.88. The van der Waals surface area contributed by atoms with Gasteiger partial charge in [0.25, 0.3) is 0 Å². The van der Waals surface area contributed by atoms with Crippen molar-refractivity contribution >= 4 is 22.4 Å². The van der Waals surface area contributed by atoms with Crippen LogP contribution >= 0.6 is 12.4 Å². The fourth-order valence-electron chi connectivity index (χ4n) is 2.24. The van der Waals surface area contributed by atoms with Gasteiger partial charge >= 0.3 is 0 Å². The Morgan fingerprint density at radius 2 is 1.90 bits per heavy atom. The lowest BCUT2D eigenvalue weighted by Gasteiger charge is -2.31. The van der Waals surface area contributed by atoms with Crippen LogP contribution in [0.1, 0.15) is 6.92 Å². The minimum absolute atomic E-state index is 0. The highest BCUT2D eigenvalue weighted by Gasteiger charge is 2.29. The number of sulfonamides is 1. The van der Waals surface area contributed by atoms with Crippen LogP contribution in [0.2, 0.25) is 0 Å². The van der Waals surface area contributed by atoms with Crippen molar-refractivity contribution in [2.24, 2.45) is 0 Å². The second-order valence-electron chi connectivity index (χ2n) is 4.74. The molecule has 0 spiro atoms. The van der Waals surface area contributed by atoms with Crippen LogP contribution in [0, 0.1) is 0 Å². The number of benzene rings is 1. The first-order valence-electron chi connectivity index (χ1n) is 6.44. The van der Waals surface area contributed by atoms with Gasteiger partial charge in [0.2, 0.25) is 10.0 Å². The molecule has 0 radical (unpaired) electrons. The van der Waals surface area contributed by atoms with E-state index in [1.165, 1.54) is 24.6 Å². The third-order valence-corrected chi connectivity index (χ3v) is 5.19. The number of ether oxygens (including phenoxy) is 2. The number of nitrogens with zero attached hydrogens (tertiary/aromatic N) is 1. The summed E-state index contributed by atoms with van der Waals surface area (Å²) in [5, 5.41) is 3.23. The molecule has 1 atom stereocenters. The highest BCUT2D eigenvalue weighted by atomic mass is 35.5. The van der Waals surface area contributed by atoms with Gasteiger partial charge in [0.1, 0.15) is 0 Å². The Morgan fingerprint density at radius 1 is 1.24 bits per heavy atom. The number of hydrogen-bond acceptors (Lipinski definition) is 5. The molecule has 0 bridgehead atoms. The quantitative estimate of drug-likeness (QED) is 0.892. The fraction of sp³-hybridized carbons (Fsp3) is 0.538.